The van der Waals surface area contributed by atoms with Gasteiger partial charge in [0.05, 0.1) is 27.1 Å². The van der Waals surface area contributed by atoms with Crippen molar-refractivity contribution in [2.75, 3.05) is 21.1 Å². The van der Waals surface area contributed by atoms with Crippen molar-refractivity contribution in [2.45, 2.75) is 12.5 Å². The number of carboxylic acids is 1. The minimum absolute atomic E-state index is 0.339. The summed E-state index contributed by atoms with van der Waals surface area (Å²) < 4.78 is 1.34. The highest BCUT2D eigenvalue weighted by molar-refractivity contribution is 9.10. The summed E-state index contributed by atoms with van der Waals surface area (Å²) in [5.74, 6) is -1.01. The number of carbonyl (C=O) groups excluding carboxylic acids is 1. The lowest BCUT2D eigenvalue weighted by Gasteiger charge is -2.34. The second kappa shape index (κ2) is 4.98. The number of halogens is 1. The predicted molar refractivity (Wildman–Crippen MR) is 76.5 cm³/mol. The number of likely N-dealkylation sites (N-methyl/N-ethyl adjacent to an activating group) is 1. The lowest BCUT2D eigenvalue weighted by Crippen LogP contribution is -2.55. The lowest BCUT2D eigenvalue weighted by atomic mass is 10.0. The van der Waals surface area contributed by atoms with Gasteiger partial charge in [-0.15, -0.1) is 0 Å². The Morgan fingerprint density at radius 2 is 2.11 bits per heavy atom. The van der Waals surface area contributed by atoms with E-state index in [9.17, 15) is 9.90 Å². The standard InChI is InChI=1S/C14H17BrN2O2/c1-17(2,3)13(14(18)19)6-9-8-16-12-7-10(15)4-5-11(9)12/h4-5,7-8,13,16H,6H2,1-3H3/t13-/m1/s1. The molecule has 0 fully saturated rings. The summed E-state index contributed by atoms with van der Waals surface area (Å²) in [5, 5.41) is 12.4. The van der Waals surface area contributed by atoms with Gasteiger partial charge in [-0.1, -0.05) is 22.0 Å². The van der Waals surface area contributed by atoms with Crippen molar-refractivity contribution >= 4 is 32.8 Å². The quantitative estimate of drug-likeness (QED) is 0.862. The number of nitrogens with zero attached hydrogens (tertiary/aromatic N) is 1. The van der Waals surface area contributed by atoms with Crippen molar-refractivity contribution in [3.8, 4) is 0 Å². The average molecular weight is 325 g/mol. The smallest absolute Gasteiger partial charge is 0.133 e. The third-order valence-corrected chi connectivity index (χ3v) is 3.84. The van der Waals surface area contributed by atoms with Crippen LogP contribution < -0.4 is 5.11 Å². The van der Waals surface area contributed by atoms with Crippen LogP contribution in [0.4, 0.5) is 0 Å². The van der Waals surface area contributed by atoms with E-state index in [2.05, 4.69) is 20.9 Å². The molecule has 0 unspecified atom stereocenters. The fraction of sp³-hybridized carbons (Fsp3) is 0.357. The predicted octanol–water partition coefficient (Wildman–Crippen LogP) is 1.30. The van der Waals surface area contributed by atoms with Crippen LogP contribution >= 0.6 is 15.9 Å². The largest absolute Gasteiger partial charge is 0.544 e. The van der Waals surface area contributed by atoms with Gasteiger partial charge in [0.2, 0.25) is 0 Å². The first-order valence-electron chi connectivity index (χ1n) is 6.06. The minimum atomic E-state index is -1.01. The molecule has 102 valence electrons. The van der Waals surface area contributed by atoms with Gasteiger partial charge in [0.25, 0.3) is 0 Å². The molecular formula is C14H17BrN2O2. The summed E-state index contributed by atoms with van der Waals surface area (Å²) in [4.78, 5) is 14.5. The van der Waals surface area contributed by atoms with Crippen molar-refractivity contribution in [1.29, 1.82) is 0 Å². The first-order valence-corrected chi connectivity index (χ1v) is 6.86. The fourth-order valence-corrected chi connectivity index (χ4v) is 2.57. The third kappa shape index (κ3) is 2.98. The number of nitrogens with one attached hydrogen (secondary N) is 1. The van der Waals surface area contributed by atoms with E-state index < -0.39 is 12.0 Å². The van der Waals surface area contributed by atoms with Gasteiger partial charge in [-0.3, -0.25) is 0 Å². The van der Waals surface area contributed by atoms with E-state index in [1.54, 1.807) is 0 Å². The summed E-state index contributed by atoms with van der Waals surface area (Å²) in [6, 6.07) is 5.37. The van der Waals surface area contributed by atoms with Gasteiger partial charge in [0.1, 0.15) is 6.04 Å². The number of hydrogen-bond acceptors (Lipinski definition) is 2. The molecule has 19 heavy (non-hydrogen) atoms. The molecule has 0 amide bonds. The molecule has 2 aromatic rings. The molecule has 0 saturated carbocycles. The van der Waals surface area contributed by atoms with Crippen molar-refractivity contribution in [2.24, 2.45) is 0 Å². The fourth-order valence-electron chi connectivity index (χ4n) is 2.21. The summed E-state index contributed by atoms with van der Waals surface area (Å²) in [5.41, 5.74) is 2.01. The Hall–Kier alpha value is -1.33. The van der Waals surface area contributed by atoms with E-state index in [-0.39, 0.29) is 0 Å². The zero-order valence-electron chi connectivity index (χ0n) is 11.2. The van der Waals surface area contributed by atoms with Crippen molar-refractivity contribution in [3.05, 3.63) is 34.4 Å². The lowest BCUT2D eigenvalue weighted by molar-refractivity contribution is -0.889. The number of rotatable bonds is 4. The van der Waals surface area contributed by atoms with Crippen LogP contribution in [0.15, 0.2) is 28.9 Å². The maximum atomic E-state index is 11.3. The van der Waals surface area contributed by atoms with Crippen LogP contribution in [0.2, 0.25) is 0 Å². The topological polar surface area (TPSA) is 55.9 Å². The van der Waals surface area contributed by atoms with Gasteiger partial charge < -0.3 is 19.4 Å². The molecule has 0 saturated heterocycles. The Labute approximate surface area is 120 Å². The summed E-state index contributed by atoms with van der Waals surface area (Å²) in [6.07, 6.45) is 2.33. The molecule has 2 rings (SSSR count). The Morgan fingerprint density at radius 3 is 2.68 bits per heavy atom. The summed E-state index contributed by atoms with van der Waals surface area (Å²) in [6.45, 7) is 0. The molecule has 1 atom stereocenters. The molecule has 0 spiro atoms. The van der Waals surface area contributed by atoms with E-state index >= 15 is 0 Å². The molecule has 0 aliphatic rings. The van der Waals surface area contributed by atoms with Crippen LogP contribution in [0.5, 0.6) is 0 Å². The number of quaternary nitrogens is 1. The molecule has 0 radical (unpaired) electrons. The van der Waals surface area contributed by atoms with Crippen molar-refractivity contribution < 1.29 is 14.4 Å². The SMILES string of the molecule is C[N+](C)(C)[C@H](Cc1c[nH]c2cc(Br)ccc12)C(=O)[O-]. The maximum Gasteiger partial charge on any atom is 0.133 e. The molecule has 1 heterocycles. The molecule has 5 heteroatoms. The van der Waals surface area contributed by atoms with E-state index in [4.69, 9.17) is 0 Å². The molecule has 1 N–H and O–H groups in total. The van der Waals surface area contributed by atoms with Gasteiger partial charge in [0, 0.05) is 28.0 Å². The van der Waals surface area contributed by atoms with E-state index in [1.807, 2.05) is 45.5 Å². The second-order valence-corrected chi connectivity index (χ2v) is 6.57. The number of carbonyl (C=O) groups is 1. The monoisotopic (exact) mass is 324 g/mol. The minimum Gasteiger partial charge on any atom is -0.544 e. The Kier molecular flexibility index (Phi) is 3.69. The number of aromatic nitrogens is 1. The summed E-state index contributed by atoms with van der Waals surface area (Å²) in [7, 11) is 5.60. The second-order valence-electron chi connectivity index (χ2n) is 5.66. The maximum absolute atomic E-state index is 11.3. The van der Waals surface area contributed by atoms with Gasteiger partial charge >= 0.3 is 0 Å². The number of aromatic amines is 1. The Morgan fingerprint density at radius 1 is 1.42 bits per heavy atom. The number of benzene rings is 1. The Bertz CT molecular complexity index is 613. The molecule has 1 aromatic carbocycles. The van der Waals surface area contributed by atoms with Crippen molar-refractivity contribution in [1.82, 2.24) is 4.98 Å². The average Bonchev–Trinajstić information content (AvgIpc) is 2.66. The zero-order valence-corrected chi connectivity index (χ0v) is 12.8. The molecular weight excluding hydrogens is 308 g/mol. The van der Waals surface area contributed by atoms with Gasteiger partial charge in [0.15, 0.2) is 0 Å². The van der Waals surface area contributed by atoms with Crippen LogP contribution in [0, 0.1) is 0 Å². The van der Waals surface area contributed by atoms with E-state index in [0.717, 1.165) is 20.9 Å². The first-order chi connectivity index (χ1) is 8.79. The normalized spacial score (nSPS) is 13.7. The van der Waals surface area contributed by atoms with E-state index in [0.29, 0.717) is 10.9 Å². The first kappa shape index (κ1) is 14.1. The van der Waals surface area contributed by atoms with Gasteiger partial charge in [-0.05, 0) is 17.7 Å². The van der Waals surface area contributed by atoms with E-state index in [1.165, 1.54) is 0 Å². The van der Waals surface area contributed by atoms with Gasteiger partial charge in [-0.25, -0.2) is 0 Å². The number of H-pyrrole nitrogens is 1. The molecule has 0 bridgehead atoms. The zero-order chi connectivity index (χ0) is 14.2. The van der Waals surface area contributed by atoms with Crippen LogP contribution in [-0.2, 0) is 11.2 Å². The molecule has 4 nitrogen and oxygen atoms in total. The van der Waals surface area contributed by atoms with Crippen LogP contribution in [0.3, 0.4) is 0 Å². The number of carboxylic acid groups (broad SMARTS) is 1. The number of hydrogen-bond donors (Lipinski definition) is 1. The Balaban J connectivity index is 2.37. The third-order valence-electron chi connectivity index (χ3n) is 3.35. The highest BCUT2D eigenvalue weighted by atomic mass is 79.9. The number of aliphatic carboxylic acids is 1. The van der Waals surface area contributed by atoms with Crippen molar-refractivity contribution in [3.63, 3.8) is 0 Å². The van der Waals surface area contributed by atoms with Crippen LogP contribution in [0.1, 0.15) is 5.56 Å². The molecule has 0 aliphatic heterocycles. The van der Waals surface area contributed by atoms with Gasteiger partial charge in [-0.2, -0.15) is 0 Å². The van der Waals surface area contributed by atoms with Crippen LogP contribution in [0.25, 0.3) is 10.9 Å². The number of fused-ring (bicyclic) bond motifs is 1. The highest BCUT2D eigenvalue weighted by Gasteiger charge is 2.26. The summed E-state index contributed by atoms with van der Waals surface area (Å²) >= 11 is 3.42. The van der Waals surface area contributed by atoms with Crippen LogP contribution in [-0.4, -0.2) is 42.6 Å². The molecule has 1 aromatic heterocycles. The molecule has 0 aliphatic carbocycles. The highest BCUT2D eigenvalue weighted by Crippen LogP contribution is 2.24.